The van der Waals surface area contributed by atoms with Gasteiger partial charge in [-0.05, 0) is 43.9 Å². The number of rotatable bonds is 15. The third-order valence-electron chi connectivity index (χ3n) is 6.68. The molecule has 1 aromatic heterocycles. The van der Waals surface area contributed by atoms with E-state index < -0.39 is 66.2 Å². The molecule has 216 valence electrons. The van der Waals surface area contributed by atoms with Gasteiger partial charge in [0.05, 0.1) is 6.04 Å². The SMILES string of the molecule is NC(=O)CCC(NC(=O)C(Cc1c[nH]c2ccccc12)NC(=O)C(CCC(=O)O)NC(=O)C1CCCN1)C(=O)O. The Bertz CT molecular complexity index is 1250. The second-order valence-corrected chi connectivity index (χ2v) is 9.67. The predicted molar refractivity (Wildman–Crippen MR) is 142 cm³/mol. The molecule has 4 unspecified atom stereocenters. The fourth-order valence-corrected chi connectivity index (χ4v) is 4.54. The van der Waals surface area contributed by atoms with Crippen molar-refractivity contribution >= 4 is 46.5 Å². The van der Waals surface area contributed by atoms with E-state index in [1.54, 1.807) is 12.3 Å². The lowest BCUT2D eigenvalue weighted by Gasteiger charge is -2.25. The number of carboxylic acids is 2. The highest BCUT2D eigenvalue weighted by Crippen LogP contribution is 2.19. The standard InChI is InChI=1S/C26H34N6O8/c27-21(33)9-7-19(26(39)40)31-25(38)20(12-14-13-29-16-5-2-1-4-15(14)16)32-24(37)18(8-10-22(34)35)30-23(36)17-6-3-11-28-17/h1-2,4-5,13,17-20,28-29H,3,6-12H2,(H2,27,33)(H,30,36)(H,31,38)(H,32,37)(H,34,35)(H,39,40). The van der Waals surface area contributed by atoms with Gasteiger partial charge in [0.25, 0.3) is 0 Å². The minimum atomic E-state index is -1.45. The molecule has 40 heavy (non-hydrogen) atoms. The molecule has 3 rings (SSSR count). The van der Waals surface area contributed by atoms with Crippen molar-refractivity contribution in [3.8, 4) is 0 Å². The van der Waals surface area contributed by atoms with Gasteiger partial charge < -0.3 is 42.2 Å². The Kier molecular flexibility index (Phi) is 10.6. The normalized spacial score (nSPS) is 16.9. The first kappa shape index (κ1) is 30.1. The molecule has 1 aliphatic rings. The van der Waals surface area contributed by atoms with Crippen molar-refractivity contribution in [2.45, 2.75) is 69.1 Å². The summed E-state index contributed by atoms with van der Waals surface area (Å²) >= 11 is 0. The number of primary amides is 1. The first-order valence-corrected chi connectivity index (χ1v) is 13.0. The Morgan fingerprint density at radius 1 is 0.925 bits per heavy atom. The van der Waals surface area contributed by atoms with Crippen molar-refractivity contribution in [1.29, 1.82) is 0 Å². The van der Waals surface area contributed by atoms with Gasteiger partial charge in [-0.1, -0.05) is 18.2 Å². The number of hydrogen-bond acceptors (Lipinski definition) is 7. The number of aliphatic carboxylic acids is 2. The molecule has 4 amide bonds. The molecule has 1 aromatic carbocycles. The zero-order valence-electron chi connectivity index (χ0n) is 21.8. The number of hydrogen-bond donors (Lipinski definition) is 8. The van der Waals surface area contributed by atoms with Gasteiger partial charge in [-0.25, -0.2) is 4.79 Å². The van der Waals surface area contributed by atoms with Crippen LogP contribution >= 0.6 is 0 Å². The average Bonchev–Trinajstić information content (AvgIpc) is 3.58. The number of nitrogens with two attached hydrogens (primary N) is 1. The van der Waals surface area contributed by atoms with Crippen molar-refractivity contribution in [2.75, 3.05) is 6.54 Å². The predicted octanol–water partition coefficient (Wildman–Crippen LogP) is -0.868. The largest absolute Gasteiger partial charge is 0.481 e. The summed E-state index contributed by atoms with van der Waals surface area (Å²) in [6.45, 7) is 0.636. The van der Waals surface area contributed by atoms with Crippen molar-refractivity contribution in [3.63, 3.8) is 0 Å². The van der Waals surface area contributed by atoms with Crippen LogP contribution in [0, 0.1) is 0 Å². The molecule has 14 heteroatoms. The Balaban J connectivity index is 1.83. The van der Waals surface area contributed by atoms with Gasteiger partial charge in [0.2, 0.25) is 23.6 Å². The number of H-pyrrole nitrogens is 1. The van der Waals surface area contributed by atoms with Crippen LogP contribution in [0.1, 0.15) is 44.1 Å². The number of benzene rings is 1. The van der Waals surface area contributed by atoms with Crippen molar-refractivity contribution in [1.82, 2.24) is 26.3 Å². The maximum absolute atomic E-state index is 13.3. The van der Waals surface area contributed by atoms with Crippen molar-refractivity contribution < 1.29 is 39.0 Å². The third kappa shape index (κ3) is 8.53. The first-order valence-electron chi connectivity index (χ1n) is 13.0. The summed E-state index contributed by atoms with van der Waals surface area (Å²) in [5.74, 6) is -5.39. The summed E-state index contributed by atoms with van der Waals surface area (Å²) < 4.78 is 0. The molecule has 1 fully saturated rings. The molecule has 9 N–H and O–H groups in total. The van der Waals surface area contributed by atoms with Crippen LogP contribution in [0.5, 0.6) is 0 Å². The monoisotopic (exact) mass is 558 g/mol. The van der Waals surface area contributed by atoms with E-state index in [4.69, 9.17) is 10.8 Å². The highest BCUT2D eigenvalue weighted by molar-refractivity contribution is 5.95. The number of fused-ring (bicyclic) bond motifs is 1. The zero-order chi connectivity index (χ0) is 29.2. The van der Waals surface area contributed by atoms with Crippen LogP contribution in [0.15, 0.2) is 30.5 Å². The van der Waals surface area contributed by atoms with Gasteiger partial charge in [0.1, 0.15) is 18.1 Å². The fraction of sp³-hybridized carbons (Fsp3) is 0.462. The highest BCUT2D eigenvalue weighted by Gasteiger charge is 2.32. The molecule has 2 aromatic rings. The molecule has 0 radical (unpaired) electrons. The summed E-state index contributed by atoms with van der Waals surface area (Å²) in [7, 11) is 0. The van der Waals surface area contributed by atoms with E-state index in [1.807, 2.05) is 18.2 Å². The summed E-state index contributed by atoms with van der Waals surface area (Å²) in [6, 6.07) is 2.74. The summed E-state index contributed by atoms with van der Waals surface area (Å²) in [5.41, 5.74) is 6.56. The Hall–Kier alpha value is -4.46. The number of carboxylic acid groups (broad SMARTS) is 2. The lowest BCUT2D eigenvalue weighted by Crippen LogP contribution is -2.57. The van der Waals surface area contributed by atoms with Crippen LogP contribution in [-0.4, -0.2) is 81.5 Å². The Labute approximate surface area is 229 Å². The molecule has 4 atom stereocenters. The lowest BCUT2D eigenvalue weighted by molar-refractivity contribution is -0.142. The van der Waals surface area contributed by atoms with Crippen molar-refractivity contribution in [3.05, 3.63) is 36.0 Å². The third-order valence-corrected chi connectivity index (χ3v) is 6.68. The molecule has 1 saturated heterocycles. The lowest BCUT2D eigenvalue weighted by atomic mass is 10.0. The molecule has 0 aliphatic carbocycles. The van der Waals surface area contributed by atoms with Crippen LogP contribution < -0.4 is 27.0 Å². The maximum atomic E-state index is 13.3. The van der Waals surface area contributed by atoms with Crippen LogP contribution in [0.25, 0.3) is 10.9 Å². The van der Waals surface area contributed by atoms with Gasteiger partial charge in [-0.2, -0.15) is 0 Å². The number of nitrogens with one attached hydrogen (secondary N) is 5. The Morgan fingerprint density at radius 2 is 1.60 bits per heavy atom. The maximum Gasteiger partial charge on any atom is 0.326 e. The quantitative estimate of drug-likeness (QED) is 0.135. The van der Waals surface area contributed by atoms with E-state index in [0.29, 0.717) is 18.5 Å². The van der Waals surface area contributed by atoms with E-state index in [-0.39, 0.29) is 25.7 Å². The van der Waals surface area contributed by atoms with Crippen molar-refractivity contribution in [2.24, 2.45) is 5.73 Å². The molecule has 2 heterocycles. The first-order chi connectivity index (χ1) is 19.0. The van der Waals surface area contributed by atoms with Crippen LogP contribution in [0.3, 0.4) is 0 Å². The molecule has 0 bridgehead atoms. The summed E-state index contributed by atoms with van der Waals surface area (Å²) in [6.07, 6.45) is 1.78. The topological polar surface area (TPSA) is 233 Å². The highest BCUT2D eigenvalue weighted by atomic mass is 16.4. The number of carbonyl (C=O) groups is 6. The van der Waals surface area contributed by atoms with Gasteiger partial charge >= 0.3 is 11.9 Å². The fourth-order valence-electron chi connectivity index (χ4n) is 4.54. The molecule has 1 aliphatic heterocycles. The smallest absolute Gasteiger partial charge is 0.326 e. The molecular weight excluding hydrogens is 524 g/mol. The van der Waals surface area contributed by atoms with Gasteiger partial charge in [0.15, 0.2) is 0 Å². The van der Waals surface area contributed by atoms with E-state index in [0.717, 1.165) is 17.3 Å². The average molecular weight is 559 g/mol. The van der Waals surface area contributed by atoms with E-state index in [2.05, 4.69) is 26.3 Å². The summed E-state index contributed by atoms with van der Waals surface area (Å²) in [5, 5.41) is 30.0. The van der Waals surface area contributed by atoms with Gasteiger partial charge in [-0.3, -0.25) is 24.0 Å². The number of para-hydroxylation sites is 1. The second-order valence-electron chi connectivity index (χ2n) is 9.67. The molecular formula is C26H34N6O8. The Morgan fingerprint density at radius 3 is 2.25 bits per heavy atom. The minimum absolute atomic E-state index is 0.0481. The van der Waals surface area contributed by atoms with Crippen LogP contribution in [0.2, 0.25) is 0 Å². The van der Waals surface area contributed by atoms with E-state index >= 15 is 0 Å². The number of aromatic nitrogens is 1. The number of carbonyl (C=O) groups excluding carboxylic acids is 4. The van der Waals surface area contributed by atoms with Gasteiger partial charge in [0, 0.05) is 36.4 Å². The van der Waals surface area contributed by atoms with Gasteiger partial charge in [-0.15, -0.1) is 0 Å². The van der Waals surface area contributed by atoms with E-state index in [9.17, 15) is 33.9 Å². The minimum Gasteiger partial charge on any atom is -0.481 e. The zero-order valence-corrected chi connectivity index (χ0v) is 21.8. The number of amides is 4. The summed E-state index contributed by atoms with van der Waals surface area (Å²) in [4.78, 5) is 76.5. The second kappa shape index (κ2) is 14.1. The van der Waals surface area contributed by atoms with Crippen LogP contribution in [-0.2, 0) is 35.2 Å². The molecule has 0 saturated carbocycles. The molecule has 0 spiro atoms. The molecule has 14 nitrogen and oxygen atoms in total. The van der Waals surface area contributed by atoms with Crippen LogP contribution in [0.4, 0.5) is 0 Å². The van der Waals surface area contributed by atoms with E-state index in [1.165, 1.54) is 0 Å². The number of aromatic amines is 1.